The quantitative estimate of drug-likeness (QED) is 0.179. The molecular weight excluding hydrogens is 627 g/mol. The van der Waals surface area contributed by atoms with E-state index in [1.165, 1.54) is 48.0 Å². The van der Waals surface area contributed by atoms with Gasteiger partial charge in [-0.2, -0.15) is 0 Å². The Kier molecular flexibility index (Phi) is 7.57. The van der Waals surface area contributed by atoms with Crippen molar-refractivity contribution in [2.75, 3.05) is 0 Å². The van der Waals surface area contributed by atoms with Crippen LogP contribution in [0, 0.1) is 6.92 Å². The van der Waals surface area contributed by atoms with Crippen LogP contribution in [0.5, 0.6) is 0 Å². The number of hydrogen-bond donors (Lipinski definition) is 0. The fraction of sp³-hybridized carbons (Fsp3) is 0.0217. The van der Waals surface area contributed by atoms with E-state index < -0.39 is 0 Å². The van der Waals surface area contributed by atoms with Crippen LogP contribution in [-0.2, 0) is 0 Å². The van der Waals surface area contributed by atoms with Gasteiger partial charge in [0.2, 0.25) is 0 Å². The van der Waals surface area contributed by atoms with Gasteiger partial charge in [0.05, 0.1) is 0 Å². The molecule has 2 aromatic heterocycles. The Bertz CT molecular complexity index is 2630. The predicted molar refractivity (Wildman–Crippen MR) is 210 cm³/mol. The second kappa shape index (κ2) is 12.7. The van der Waals surface area contributed by atoms with Crippen molar-refractivity contribution in [3.05, 3.63) is 175 Å². The highest BCUT2D eigenvalue weighted by molar-refractivity contribution is 7.26. The molecule has 0 aliphatic heterocycles. The van der Waals surface area contributed by atoms with Crippen LogP contribution in [0.1, 0.15) is 5.56 Å². The second-order valence-corrected chi connectivity index (χ2v) is 13.6. The average molecular weight is 658 g/mol. The maximum atomic E-state index is 5.09. The van der Waals surface area contributed by atoms with E-state index in [1.807, 2.05) is 29.5 Å². The monoisotopic (exact) mass is 657 g/mol. The molecule has 0 fully saturated rings. The Labute approximate surface area is 295 Å². The number of fused-ring (bicyclic) bond motifs is 3. The molecule has 0 saturated heterocycles. The summed E-state index contributed by atoms with van der Waals surface area (Å²) in [6.07, 6.45) is 0. The molecule has 3 nitrogen and oxygen atoms in total. The van der Waals surface area contributed by atoms with Gasteiger partial charge in [0, 0.05) is 36.9 Å². The first-order valence-corrected chi connectivity index (χ1v) is 17.6. The highest BCUT2D eigenvalue weighted by Crippen LogP contribution is 2.42. The zero-order valence-electron chi connectivity index (χ0n) is 27.4. The van der Waals surface area contributed by atoms with Gasteiger partial charge in [-0.05, 0) is 58.5 Å². The minimum absolute atomic E-state index is 0.653. The summed E-state index contributed by atoms with van der Waals surface area (Å²) in [7, 11) is 0. The van der Waals surface area contributed by atoms with Crippen LogP contribution in [0.4, 0.5) is 0 Å². The third kappa shape index (κ3) is 5.66. The lowest BCUT2D eigenvalue weighted by molar-refractivity contribution is 1.07. The fourth-order valence-electron chi connectivity index (χ4n) is 6.61. The van der Waals surface area contributed by atoms with Crippen LogP contribution in [-0.4, -0.2) is 15.0 Å². The molecule has 9 rings (SSSR count). The zero-order chi connectivity index (χ0) is 33.4. The Morgan fingerprint density at radius 2 is 0.860 bits per heavy atom. The van der Waals surface area contributed by atoms with E-state index >= 15 is 0 Å². The molecule has 0 amide bonds. The summed E-state index contributed by atoms with van der Waals surface area (Å²) in [6.45, 7) is 2.11. The molecule has 7 aromatic carbocycles. The summed E-state index contributed by atoms with van der Waals surface area (Å²) >= 11 is 1.81. The van der Waals surface area contributed by atoms with Gasteiger partial charge in [0.1, 0.15) is 0 Å². The topological polar surface area (TPSA) is 38.7 Å². The zero-order valence-corrected chi connectivity index (χ0v) is 28.2. The number of aryl methyl sites for hydroxylation is 1. The van der Waals surface area contributed by atoms with Crippen molar-refractivity contribution in [1.82, 2.24) is 15.0 Å². The molecule has 0 radical (unpaired) electrons. The van der Waals surface area contributed by atoms with Crippen molar-refractivity contribution in [2.45, 2.75) is 6.92 Å². The summed E-state index contributed by atoms with van der Waals surface area (Å²) in [5.74, 6) is 1.97. The van der Waals surface area contributed by atoms with Gasteiger partial charge in [-0.25, -0.2) is 15.0 Å². The number of hydrogen-bond acceptors (Lipinski definition) is 4. The second-order valence-electron chi connectivity index (χ2n) is 12.6. The smallest absolute Gasteiger partial charge is 0.164 e. The normalized spacial score (nSPS) is 11.3. The van der Waals surface area contributed by atoms with Gasteiger partial charge < -0.3 is 0 Å². The lowest BCUT2D eigenvalue weighted by Crippen LogP contribution is -2.00. The summed E-state index contributed by atoms with van der Waals surface area (Å²) in [5, 5.41) is 2.51. The van der Waals surface area contributed by atoms with E-state index in [1.54, 1.807) is 0 Å². The Morgan fingerprint density at radius 1 is 0.360 bits per heavy atom. The Morgan fingerprint density at radius 3 is 1.58 bits per heavy atom. The van der Waals surface area contributed by atoms with E-state index in [2.05, 4.69) is 159 Å². The summed E-state index contributed by atoms with van der Waals surface area (Å²) in [6, 6.07) is 59.9. The minimum Gasteiger partial charge on any atom is -0.208 e. The standard InChI is InChI=1S/C46H31N3S/c1-30-18-20-33(21-19-30)36-14-8-15-37(28-36)45-47-44(35-12-6-3-7-13-35)48-46(49-45)38-26-27-40-42(29-38)50-41-17-9-16-39(43(40)41)34-24-22-32(23-25-34)31-10-4-2-5-11-31/h2-29H,1H3. The van der Waals surface area contributed by atoms with Gasteiger partial charge >= 0.3 is 0 Å². The summed E-state index contributed by atoms with van der Waals surface area (Å²) < 4.78 is 2.46. The minimum atomic E-state index is 0.653. The predicted octanol–water partition coefficient (Wildman–Crippen LogP) is 12.5. The van der Waals surface area contributed by atoms with Crippen LogP contribution in [0.15, 0.2) is 170 Å². The van der Waals surface area contributed by atoms with Gasteiger partial charge in [0.25, 0.3) is 0 Å². The molecule has 0 aliphatic carbocycles. The molecule has 0 saturated carbocycles. The van der Waals surface area contributed by atoms with Crippen molar-refractivity contribution in [1.29, 1.82) is 0 Å². The van der Waals surface area contributed by atoms with Crippen LogP contribution < -0.4 is 0 Å². The molecule has 0 unspecified atom stereocenters. The van der Waals surface area contributed by atoms with Gasteiger partial charge in [0.15, 0.2) is 17.5 Å². The van der Waals surface area contributed by atoms with Crippen molar-refractivity contribution < 1.29 is 0 Å². The molecule has 0 aliphatic rings. The van der Waals surface area contributed by atoms with Crippen molar-refractivity contribution in [3.63, 3.8) is 0 Å². The Balaban J connectivity index is 1.14. The molecule has 236 valence electrons. The molecular formula is C46H31N3S. The number of thiophene rings is 1. The lowest BCUT2D eigenvalue weighted by Gasteiger charge is -2.10. The maximum absolute atomic E-state index is 5.09. The summed E-state index contributed by atoms with van der Waals surface area (Å²) in [5.41, 5.74) is 11.3. The first-order chi connectivity index (χ1) is 24.7. The van der Waals surface area contributed by atoms with Crippen molar-refractivity contribution >= 4 is 31.5 Å². The van der Waals surface area contributed by atoms with E-state index in [9.17, 15) is 0 Å². The molecule has 50 heavy (non-hydrogen) atoms. The van der Waals surface area contributed by atoms with E-state index in [-0.39, 0.29) is 0 Å². The molecule has 0 N–H and O–H groups in total. The maximum Gasteiger partial charge on any atom is 0.164 e. The molecule has 4 heteroatoms. The number of aromatic nitrogens is 3. The fourth-order valence-corrected chi connectivity index (χ4v) is 7.78. The highest BCUT2D eigenvalue weighted by Gasteiger charge is 2.16. The van der Waals surface area contributed by atoms with E-state index in [4.69, 9.17) is 15.0 Å². The first kappa shape index (κ1) is 29.9. The summed E-state index contributed by atoms with van der Waals surface area (Å²) in [4.78, 5) is 15.1. The molecule has 0 atom stereocenters. The number of benzene rings is 7. The Hall–Kier alpha value is -6.23. The van der Waals surface area contributed by atoms with Crippen molar-refractivity contribution in [3.8, 4) is 67.5 Å². The van der Waals surface area contributed by atoms with E-state index in [0.717, 1.165) is 27.8 Å². The average Bonchev–Trinajstić information content (AvgIpc) is 3.57. The third-order valence-electron chi connectivity index (χ3n) is 9.23. The first-order valence-electron chi connectivity index (χ1n) is 16.8. The number of nitrogens with zero attached hydrogens (tertiary/aromatic N) is 3. The molecule has 0 spiro atoms. The van der Waals surface area contributed by atoms with Gasteiger partial charge in [-0.15, -0.1) is 11.3 Å². The van der Waals surface area contributed by atoms with Crippen LogP contribution >= 0.6 is 11.3 Å². The molecule has 9 aromatic rings. The van der Waals surface area contributed by atoms with Crippen LogP contribution in [0.3, 0.4) is 0 Å². The lowest BCUT2D eigenvalue weighted by atomic mass is 9.97. The SMILES string of the molecule is Cc1ccc(-c2cccc(-c3nc(-c4ccccc4)nc(-c4ccc5c(c4)sc4cccc(-c6ccc(-c7ccccc7)cc6)c45)n3)c2)cc1. The van der Waals surface area contributed by atoms with Gasteiger partial charge in [-0.1, -0.05) is 157 Å². The van der Waals surface area contributed by atoms with Crippen molar-refractivity contribution in [2.24, 2.45) is 0 Å². The van der Waals surface area contributed by atoms with Gasteiger partial charge in [-0.3, -0.25) is 0 Å². The third-order valence-corrected chi connectivity index (χ3v) is 10.3. The molecule has 2 heterocycles. The largest absolute Gasteiger partial charge is 0.208 e. The highest BCUT2D eigenvalue weighted by atomic mass is 32.1. The van der Waals surface area contributed by atoms with Crippen LogP contribution in [0.2, 0.25) is 0 Å². The van der Waals surface area contributed by atoms with E-state index in [0.29, 0.717) is 17.5 Å². The number of rotatable bonds is 6. The van der Waals surface area contributed by atoms with Crippen LogP contribution in [0.25, 0.3) is 87.7 Å². The molecule has 0 bridgehead atoms.